The summed E-state index contributed by atoms with van der Waals surface area (Å²) in [4.78, 5) is 11.5. The normalized spacial score (nSPS) is 24.3. The van der Waals surface area contributed by atoms with Gasteiger partial charge in [-0.25, -0.2) is 8.42 Å². The minimum Gasteiger partial charge on any atom is -0.351 e. The molecule has 0 aliphatic carbocycles. The predicted molar refractivity (Wildman–Crippen MR) is 63.0 cm³/mol. The second-order valence-electron chi connectivity index (χ2n) is 5.27. The molecule has 2 N–H and O–H groups in total. The van der Waals surface area contributed by atoms with Crippen LogP contribution < -0.4 is 10.6 Å². The number of nitrogens with one attached hydrogen (secondary N) is 2. The third-order valence-corrected chi connectivity index (χ3v) is 4.14. The second-order valence-corrected chi connectivity index (χ2v) is 7.50. The summed E-state index contributed by atoms with van der Waals surface area (Å²) in [5.74, 6) is 0.121. The number of carbonyl (C=O) groups excluding carboxylic acids is 1. The maximum absolute atomic E-state index is 11.5. The van der Waals surface area contributed by atoms with E-state index in [4.69, 9.17) is 0 Å². The zero-order valence-electron chi connectivity index (χ0n) is 10.0. The van der Waals surface area contributed by atoms with Gasteiger partial charge in [0.25, 0.3) is 0 Å². The van der Waals surface area contributed by atoms with Gasteiger partial charge in [0.15, 0.2) is 9.84 Å². The molecule has 0 aromatic rings. The molecule has 1 saturated heterocycles. The SMILES string of the molecule is CC(C)(C)NCC(=O)NC1CCS(=O)(=O)C1. The summed E-state index contributed by atoms with van der Waals surface area (Å²) in [6.07, 6.45) is 0.531. The van der Waals surface area contributed by atoms with E-state index in [0.717, 1.165) is 0 Å². The van der Waals surface area contributed by atoms with Crippen molar-refractivity contribution in [3.05, 3.63) is 0 Å². The first kappa shape index (κ1) is 13.4. The van der Waals surface area contributed by atoms with Crippen molar-refractivity contribution in [1.29, 1.82) is 0 Å². The van der Waals surface area contributed by atoms with E-state index in [-0.39, 0.29) is 35.5 Å². The summed E-state index contributed by atoms with van der Waals surface area (Å²) < 4.78 is 22.3. The Kier molecular flexibility index (Phi) is 3.96. The van der Waals surface area contributed by atoms with Gasteiger partial charge in [-0.15, -0.1) is 0 Å². The lowest BCUT2D eigenvalue weighted by molar-refractivity contribution is -0.121. The Morgan fingerprint density at radius 2 is 2.00 bits per heavy atom. The van der Waals surface area contributed by atoms with Crippen LogP contribution in [0.4, 0.5) is 0 Å². The van der Waals surface area contributed by atoms with E-state index in [0.29, 0.717) is 6.42 Å². The lowest BCUT2D eigenvalue weighted by Gasteiger charge is -2.20. The minimum absolute atomic E-state index is 0.0776. The average molecular weight is 248 g/mol. The van der Waals surface area contributed by atoms with Gasteiger partial charge in [-0.2, -0.15) is 0 Å². The summed E-state index contributed by atoms with van der Waals surface area (Å²) in [5.41, 5.74) is -0.112. The molecular formula is C10H20N2O3S. The van der Waals surface area contributed by atoms with Crippen molar-refractivity contribution >= 4 is 15.7 Å². The molecule has 0 saturated carbocycles. The van der Waals surface area contributed by atoms with Gasteiger partial charge < -0.3 is 10.6 Å². The fraction of sp³-hybridized carbons (Fsp3) is 0.900. The highest BCUT2D eigenvalue weighted by molar-refractivity contribution is 7.91. The zero-order valence-corrected chi connectivity index (χ0v) is 10.9. The molecule has 0 bridgehead atoms. The van der Waals surface area contributed by atoms with Crippen LogP contribution in [0.2, 0.25) is 0 Å². The van der Waals surface area contributed by atoms with E-state index >= 15 is 0 Å². The third-order valence-electron chi connectivity index (χ3n) is 2.38. The molecule has 0 spiro atoms. The highest BCUT2D eigenvalue weighted by atomic mass is 32.2. The molecule has 0 aromatic carbocycles. The largest absolute Gasteiger partial charge is 0.351 e. The zero-order chi connectivity index (χ0) is 12.4. The molecule has 1 aliphatic rings. The van der Waals surface area contributed by atoms with Crippen molar-refractivity contribution in [2.24, 2.45) is 0 Å². The van der Waals surface area contributed by atoms with Crippen LogP contribution in [0.5, 0.6) is 0 Å². The predicted octanol–water partition coefficient (Wildman–Crippen LogP) is -0.322. The molecule has 1 atom stereocenters. The molecule has 94 valence electrons. The number of hydrogen-bond acceptors (Lipinski definition) is 4. The van der Waals surface area contributed by atoms with Crippen LogP contribution >= 0.6 is 0 Å². The second kappa shape index (κ2) is 4.71. The molecule has 1 rings (SSSR count). The van der Waals surface area contributed by atoms with E-state index in [9.17, 15) is 13.2 Å². The molecule has 1 fully saturated rings. The van der Waals surface area contributed by atoms with E-state index in [1.165, 1.54) is 0 Å². The molecule has 1 aliphatic heterocycles. The van der Waals surface area contributed by atoms with Gasteiger partial charge in [0.2, 0.25) is 5.91 Å². The van der Waals surface area contributed by atoms with E-state index < -0.39 is 9.84 Å². The fourth-order valence-electron chi connectivity index (χ4n) is 1.53. The Morgan fingerprint density at radius 1 is 1.38 bits per heavy atom. The van der Waals surface area contributed by atoms with Gasteiger partial charge in [0.1, 0.15) is 0 Å². The minimum atomic E-state index is -2.92. The smallest absolute Gasteiger partial charge is 0.234 e. The first-order chi connectivity index (χ1) is 7.18. The summed E-state index contributed by atoms with van der Waals surface area (Å²) in [7, 11) is -2.92. The molecule has 5 nitrogen and oxygen atoms in total. The first-order valence-electron chi connectivity index (χ1n) is 5.43. The Morgan fingerprint density at radius 3 is 2.44 bits per heavy atom. The topological polar surface area (TPSA) is 75.3 Å². The standard InChI is InChI=1S/C10H20N2O3S/c1-10(2,3)11-6-9(13)12-8-4-5-16(14,15)7-8/h8,11H,4-7H2,1-3H3,(H,12,13). The molecule has 1 amide bonds. The van der Waals surface area contributed by atoms with Crippen LogP contribution in [0.15, 0.2) is 0 Å². The Bertz CT molecular complexity index is 357. The van der Waals surface area contributed by atoms with Crippen molar-refractivity contribution in [1.82, 2.24) is 10.6 Å². The quantitative estimate of drug-likeness (QED) is 0.717. The Hall–Kier alpha value is -0.620. The van der Waals surface area contributed by atoms with E-state index in [1.807, 2.05) is 20.8 Å². The van der Waals surface area contributed by atoms with Gasteiger partial charge in [-0.05, 0) is 27.2 Å². The fourth-order valence-corrected chi connectivity index (χ4v) is 3.21. The van der Waals surface area contributed by atoms with Crippen LogP contribution in [0.3, 0.4) is 0 Å². The highest BCUT2D eigenvalue weighted by Crippen LogP contribution is 2.10. The summed E-state index contributed by atoms with van der Waals surface area (Å²) in [6.45, 7) is 6.14. The molecule has 1 heterocycles. The number of hydrogen-bond donors (Lipinski definition) is 2. The molecule has 6 heteroatoms. The lowest BCUT2D eigenvalue weighted by Crippen LogP contribution is -2.46. The number of sulfone groups is 1. The van der Waals surface area contributed by atoms with Gasteiger partial charge in [-0.3, -0.25) is 4.79 Å². The Balaban J connectivity index is 2.31. The van der Waals surface area contributed by atoms with Gasteiger partial charge in [0.05, 0.1) is 18.1 Å². The summed E-state index contributed by atoms with van der Waals surface area (Å²) >= 11 is 0. The van der Waals surface area contributed by atoms with Crippen LogP contribution in [0.1, 0.15) is 27.2 Å². The molecule has 0 aromatic heterocycles. The van der Waals surface area contributed by atoms with E-state index in [2.05, 4.69) is 10.6 Å². The monoisotopic (exact) mass is 248 g/mol. The maximum Gasteiger partial charge on any atom is 0.234 e. The molecule has 16 heavy (non-hydrogen) atoms. The number of carbonyl (C=O) groups is 1. The van der Waals surface area contributed by atoms with E-state index in [1.54, 1.807) is 0 Å². The van der Waals surface area contributed by atoms with Gasteiger partial charge >= 0.3 is 0 Å². The van der Waals surface area contributed by atoms with Gasteiger partial charge in [0, 0.05) is 11.6 Å². The summed E-state index contributed by atoms with van der Waals surface area (Å²) in [5, 5.41) is 5.78. The third kappa shape index (κ3) is 4.94. The Labute approximate surface area is 96.9 Å². The van der Waals surface area contributed by atoms with Crippen LogP contribution in [0, 0.1) is 0 Å². The first-order valence-corrected chi connectivity index (χ1v) is 7.25. The van der Waals surface area contributed by atoms with Crippen LogP contribution in [-0.4, -0.2) is 44.0 Å². The van der Waals surface area contributed by atoms with Crippen molar-refractivity contribution in [2.75, 3.05) is 18.1 Å². The van der Waals surface area contributed by atoms with Gasteiger partial charge in [-0.1, -0.05) is 0 Å². The molecule has 0 radical (unpaired) electrons. The molecular weight excluding hydrogens is 228 g/mol. The lowest BCUT2D eigenvalue weighted by atomic mass is 10.1. The van der Waals surface area contributed by atoms with Crippen LogP contribution in [0.25, 0.3) is 0 Å². The maximum atomic E-state index is 11.5. The van der Waals surface area contributed by atoms with Crippen molar-refractivity contribution < 1.29 is 13.2 Å². The van der Waals surface area contributed by atoms with Crippen molar-refractivity contribution in [3.63, 3.8) is 0 Å². The van der Waals surface area contributed by atoms with Crippen molar-refractivity contribution in [2.45, 2.75) is 38.8 Å². The average Bonchev–Trinajstić information content (AvgIpc) is 2.41. The van der Waals surface area contributed by atoms with Crippen LogP contribution in [-0.2, 0) is 14.6 Å². The molecule has 1 unspecified atom stereocenters. The number of amides is 1. The highest BCUT2D eigenvalue weighted by Gasteiger charge is 2.28. The van der Waals surface area contributed by atoms with Crippen molar-refractivity contribution in [3.8, 4) is 0 Å². The number of rotatable bonds is 3. The summed E-state index contributed by atoms with van der Waals surface area (Å²) in [6, 6.07) is -0.209.